The van der Waals surface area contributed by atoms with Crippen LogP contribution in [0.4, 0.5) is 0 Å². The average Bonchev–Trinajstić information content (AvgIpc) is 3.77. The van der Waals surface area contributed by atoms with Crippen LogP contribution < -0.4 is 0 Å². The summed E-state index contributed by atoms with van der Waals surface area (Å²) < 4.78 is 10.9. The Labute approximate surface area is 270 Å². The number of rotatable bonds is 3. The van der Waals surface area contributed by atoms with Gasteiger partial charge in [0.25, 0.3) is 0 Å². The topological polar surface area (TPSA) is 49.4 Å². The maximum atomic E-state index is 4.70. The van der Waals surface area contributed by atoms with Crippen molar-refractivity contribution >= 4 is 33.4 Å². The first kappa shape index (κ1) is 28.4. The number of fused-ring (bicyclic) bond motifs is 5. The van der Waals surface area contributed by atoms with Crippen molar-refractivity contribution in [1.82, 2.24) is 32.5 Å². The molecule has 0 aliphatic heterocycles. The fourth-order valence-corrected chi connectivity index (χ4v) is 6.26. The van der Waals surface area contributed by atoms with Crippen molar-refractivity contribution in [2.24, 2.45) is 0 Å². The minimum absolute atomic E-state index is 0. The Kier molecular flexibility index (Phi) is 6.35. The quantitative estimate of drug-likeness (QED) is 0.173. The first-order valence-electron chi connectivity index (χ1n) is 14.7. The van der Waals surface area contributed by atoms with Crippen LogP contribution >= 0.6 is 0 Å². The fourth-order valence-electron chi connectivity index (χ4n) is 6.26. The monoisotopic (exact) mass is 758 g/mol. The summed E-state index contributed by atoms with van der Waals surface area (Å²) in [6.07, 6.45) is 12.2. The molecule has 0 spiro atoms. The molecular weight excluding hydrogens is 726 g/mol. The van der Waals surface area contributed by atoms with E-state index >= 15 is 0 Å². The van der Waals surface area contributed by atoms with Gasteiger partial charge < -0.3 is 13.7 Å². The second-order valence-corrected chi connectivity index (χ2v) is 13.3. The molecule has 0 fully saturated rings. The second-order valence-electron chi connectivity index (χ2n) is 13.3. The van der Waals surface area contributed by atoms with Gasteiger partial charge in [-0.05, 0) is 11.5 Å². The van der Waals surface area contributed by atoms with Crippen LogP contribution in [0.1, 0.15) is 52.9 Å². The molecule has 0 atom stereocenters. The summed E-state index contributed by atoms with van der Waals surface area (Å²) in [6, 6.07) is 26.7. The van der Waals surface area contributed by atoms with Crippen LogP contribution in [-0.2, 0) is 31.9 Å². The summed E-state index contributed by atoms with van der Waals surface area (Å²) >= 11 is 0. The molecule has 44 heavy (non-hydrogen) atoms. The summed E-state index contributed by atoms with van der Waals surface area (Å²) in [5.74, 6) is 1.75. The first-order chi connectivity index (χ1) is 20.6. The first-order valence-corrected chi connectivity index (χ1v) is 14.7. The van der Waals surface area contributed by atoms with Gasteiger partial charge in [-0.2, -0.15) is 12.1 Å². The molecule has 7 nitrogen and oxygen atoms in total. The van der Waals surface area contributed by atoms with Gasteiger partial charge in [0.15, 0.2) is 0 Å². The maximum Gasteiger partial charge on any atom is 2.00 e. The Balaban J connectivity index is 0.00000312. The van der Waals surface area contributed by atoms with Gasteiger partial charge in [0.2, 0.25) is 11.6 Å². The average molecular weight is 759 g/mol. The number of benzene rings is 3. The summed E-state index contributed by atoms with van der Waals surface area (Å²) in [7, 11) is 0. The third-order valence-electron chi connectivity index (χ3n) is 8.32. The number of hydrogen-bond acceptors (Lipinski definition) is 2. The van der Waals surface area contributed by atoms with Crippen LogP contribution in [0, 0.1) is 12.1 Å². The van der Waals surface area contributed by atoms with Gasteiger partial charge in [0, 0.05) is 64.9 Å². The molecule has 0 amide bonds. The number of nitrogens with zero attached hydrogens (tertiary/aromatic N) is 7. The van der Waals surface area contributed by atoms with E-state index in [2.05, 4.69) is 148 Å². The standard InChI is InChI=1S/C36H33N7.Pt/c1-35(2,3)31-22-41(33-37-16-18-39(31)33)24-10-9-11-26(20-24)43-29-13-8-7-12-27(29)28-15-14-25(21-30(28)43)42-23-32(36(4,5)6)40-19-17-38-34(40)42;/h7-19,22-23H,1-6H3;/q-2;+2. The molecule has 0 radical (unpaired) electrons. The van der Waals surface area contributed by atoms with E-state index in [1.54, 1.807) is 0 Å². The van der Waals surface area contributed by atoms with E-state index in [4.69, 9.17) is 4.98 Å². The maximum absolute atomic E-state index is 4.70. The van der Waals surface area contributed by atoms with Gasteiger partial charge in [-0.1, -0.05) is 82.3 Å². The van der Waals surface area contributed by atoms with Crippen LogP contribution in [0.3, 0.4) is 0 Å². The Morgan fingerprint density at radius 1 is 0.591 bits per heavy atom. The Hall–Kier alpha value is -4.35. The third kappa shape index (κ3) is 4.21. The van der Waals surface area contributed by atoms with Gasteiger partial charge >= 0.3 is 21.1 Å². The van der Waals surface area contributed by atoms with E-state index in [9.17, 15) is 0 Å². The molecule has 0 N–H and O–H groups in total. The summed E-state index contributed by atoms with van der Waals surface area (Å²) in [6.45, 7) is 13.4. The largest absolute Gasteiger partial charge is 2.00 e. The Morgan fingerprint density at radius 3 is 1.77 bits per heavy atom. The molecule has 0 bridgehead atoms. The molecule has 222 valence electrons. The predicted octanol–water partition coefficient (Wildman–Crippen LogP) is 7.85. The Morgan fingerprint density at radius 2 is 1.16 bits per heavy atom. The molecule has 8 aromatic rings. The van der Waals surface area contributed by atoms with Crippen LogP contribution in [0.15, 0.2) is 91.8 Å². The van der Waals surface area contributed by atoms with Gasteiger partial charge in [0.1, 0.15) is 0 Å². The van der Waals surface area contributed by atoms with Gasteiger partial charge in [-0.25, -0.2) is 9.97 Å². The molecule has 0 aliphatic rings. The summed E-state index contributed by atoms with van der Waals surface area (Å²) in [4.78, 5) is 9.39. The van der Waals surface area contributed by atoms with E-state index < -0.39 is 0 Å². The van der Waals surface area contributed by atoms with Crippen molar-refractivity contribution in [2.45, 2.75) is 52.4 Å². The molecule has 0 saturated carbocycles. The molecule has 0 saturated heterocycles. The second kappa shape index (κ2) is 9.83. The zero-order valence-electron chi connectivity index (χ0n) is 25.6. The molecule has 8 heteroatoms. The van der Waals surface area contributed by atoms with Crippen molar-refractivity contribution in [3.63, 3.8) is 0 Å². The molecule has 3 aromatic carbocycles. The van der Waals surface area contributed by atoms with Crippen LogP contribution in [-0.4, -0.2) is 32.5 Å². The van der Waals surface area contributed by atoms with Gasteiger partial charge in [-0.15, -0.1) is 35.7 Å². The SMILES string of the molecule is CC(C)(C)c1cn(-c2[c-]c(-n3c4[c-]c(-n5cc(C(C)(C)C)n6ccnc56)ccc4c4ccccc43)ccc2)c2nccn12.[Pt+2]. The molecule has 8 rings (SSSR count). The predicted molar refractivity (Wildman–Crippen MR) is 172 cm³/mol. The summed E-state index contributed by atoms with van der Waals surface area (Å²) in [5.41, 5.74) is 7.25. The molecule has 5 heterocycles. The third-order valence-corrected chi connectivity index (χ3v) is 8.32. The van der Waals surface area contributed by atoms with Crippen LogP contribution in [0.25, 0.3) is 50.4 Å². The number of hydrogen-bond donors (Lipinski definition) is 0. The van der Waals surface area contributed by atoms with E-state index in [-0.39, 0.29) is 31.9 Å². The molecular formula is C36H33N7Pt. The van der Waals surface area contributed by atoms with E-state index in [0.29, 0.717) is 0 Å². The van der Waals surface area contributed by atoms with Gasteiger partial charge in [-0.3, -0.25) is 8.80 Å². The molecule has 5 aromatic heterocycles. The van der Waals surface area contributed by atoms with E-state index in [1.165, 1.54) is 16.8 Å². The van der Waals surface area contributed by atoms with Crippen molar-refractivity contribution < 1.29 is 21.1 Å². The number of imidazole rings is 4. The summed E-state index contributed by atoms with van der Waals surface area (Å²) in [5, 5.41) is 2.33. The van der Waals surface area contributed by atoms with Gasteiger partial charge in [0.05, 0.1) is 0 Å². The number of para-hydroxylation sites is 1. The van der Waals surface area contributed by atoms with Crippen molar-refractivity contribution in [1.29, 1.82) is 0 Å². The minimum atomic E-state index is -0.0375. The van der Waals surface area contributed by atoms with Crippen molar-refractivity contribution in [3.8, 4) is 17.1 Å². The van der Waals surface area contributed by atoms with Crippen molar-refractivity contribution in [2.75, 3.05) is 0 Å². The zero-order chi connectivity index (χ0) is 29.7. The van der Waals surface area contributed by atoms with Crippen LogP contribution in [0.2, 0.25) is 0 Å². The van der Waals surface area contributed by atoms with Crippen LogP contribution in [0.5, 0.6) is 0 Å². The molecule has 0 aliphatic carbocycles. The minimum Gasteiger partial charge on any atom is -0.358 e. The van der Waals surface area contributed by atoms with Crippen molar-refractivity contribution in [3.05, 3.63) is 115 Å². The zero-order valence-corrected chi connectivity index (χ0v) is 27.9. The smallest absolute Gasteiger partial charge is 0.358 e. The fraction of sp³-hybridized carbons (Fsp3) is 0.222. The Bertz CT molecular complexity index is 2330. The van der Waals surface area contributed by atoms with E-state index in [1.807, 2.05) is 24.8 Å². The normalized spacial score (nSPS) is 12.6. The van der Waals surface area contributed by atoms with E-state index in [0.717, 1.165) is 45.0 Å². The number of aromatic nitrogens is 7. The molecule has 0 unspecified atom stereocenters.